The van der Waals surface area contributed by atoms with Gasteiger partial charge in [0.2, 0.25) is 5.91 Å². The van der Waals surface area contributed by atoms with Crippen LogP contribution < -0.4 is 10.0 Å². The van der Waals surface area contributed by atoms with Crippen LogP contribution in [0, 0.1) is 6.92 Å². The third-order valence-corrected chi connectivity index (χ3v) is 5.72. The molecule has 0 aliphatic heterocycles. The molecule has 0 saturated heterocycles. The summed E-state index contributed by atoms with van der Waals surface area (Å²) in [5, 5.41) is 1.87. The van der Waals surface area contributed by atoms with Gasteiger partial charge < -0.3 is 5.73 Å². The van der Waals surface area contributed by atoms with Gasteiger partial charge in [-0.25, -0.2) is 8.42 Å². The Morgan fingerprint density at radius 2 is 1.60 bits per heavy atom. The lowest BCUT2D eigenvalue weighted by Gasteiger charge is -2.23. The number of carbonyl (C=O) groups excluding carboxylic acids is 1. The van der Waals surface area contributed by atoms with E-state index in [4.69, 9.17) is 5.73 Å². The van der Waals surface area contributed by atoms with Gasteiger partial charge in [-0.05, 0) is 42.0 Å². The van der Waals surface area contributed by atoms with Crippen molar-refractivity contribution in [2.45, 2.75) is 11.8 Å². The average molecular weight is 354 g/mol. The van der Waals surface area contributed by atoms with Gasteiger partial charge in [-0.2, -0.15) is 0 Å². The Hall–Kier alpha value is -2.86. The molecule has 3 aromatic rings. The number of primary amides is 1. The second kappa shape index (κ2) is 6.57. The van der Waals surface area contributed by atoms with E-state index in [-0.39, 0.29) is 4.90 Å². The molecular formula is C19H18N2O3S. The molecule has 25 heavy (non-hydrogen) atoms. The first-order valence-corrected chi connectivity index (χ1v) is 9.18. The van der Waals surface area contributed by atoms with Gasteiger partial charge in [0.25, 0.3) is 10.0 Å². The highest BCUT2D eigenvalue weighted by atomic mass is 32.2. The molecule has 0 atom stereocenters. The third-order valence-electron chi connectivity index (χ3n) is 3.93. The zero-order valence-electron chi connectivity index (χ0n) is 13.7. The van der Waals surface area contributed by atoms with Gasteiger partial charge >= 0.3 is 0 Å². The van der Waals surface area contributed by atoms with Crippen LogP contribution in [0.5, 0.6) is 0 Å². The van der Waals surface area contributed by atoms with Crippen molar-refractivity contribution < 1.29 is 13.2 Å². The fourth-order valence-corrected chi connectivity index (χ4v) is 4.05. The fourth-order valence-electron chi connectivity index (χ4n) is 2.63. The summed E-state index contributed by atoms with van der Waals surface area (Å²) < 4.78 is 27.1. The number of hydrogen-bond donors (Lipinski definition) is 1. The largest absolute Gasteiger partial charge is 0.368 e. The monoisotopic (exact) mass is 354 g/mol. The Morgan fingerprint density at radius 3 is 2.24 bits per heavy atom. The van der Waals surface area contributed by atoms with E-state index in [1.54, 1.807) is 24.3 Å². The number of fused-ring (bicyclic) bond motifs is 1. The van der Waals surface area contributed by atoms with Crippen LogP contribution in [0.25, 0.3) is 10.8 Å². The van der Waals surface area contributed by atoms with Crippen LogP contribution in [-0.2, 0) is 14.8 Å². The lowest BCUT2D eigenvalue weighted by atomic mass is 10.1. The lowest BCUT2D eigenvalue weighted by molar-refractivity contribution is -0.116. The molecule has 128 valence electrons. The van der Waals surface area contributed by atoms with Gasteiger partial charge in [0, 0.05) is 0 Å². The van der Waals surface area contributed by atoms with Crippen molar-refractivity contribution >= 4 is 32.4 Å². The minimum atomic E-state index is -3.90. The smallest absolute Gasteiger partial charge is 0.264 e. The number of sulfonamides is 1. The third kappa shape index (κ3) is 3.49. The number of carbonyl (C=O) groups is 1. The topological polar surface area (TPSA) is 80.5 Å². The molecule has 2 N–H and O–H groups in total. The van der Waals surface area contributed by atoms with Crippen molar-refractivity contribution in [3.63, 3.8) is 0 Å². The van der Waals surface area contributed by atoms with E-state index < -0.39 is 22.5 Å². The average Bonchev–Trinajstić information content (AvgIpc) is 2.59. The van der Waals surface area contributed by atoms with Gasteiger partial charge in [-0.15, -0.1) is 0 Å². The van der Waals surface area contributed by atoms with Gasteiger partial charge in [0.15, 0.2) is 0 Å². The summed E-state index contributed by atoms with van der Waals surface area (Å²) in [5.74, 6) is -0.719. The number of rotatable bonds is 5. The van der Waals surface area contributed by atoms with Crippen LogP contribution in [0.1, 0.15) is 5.56 Å². The van der Waals surface area contributed by atoms with E-state index in [0.717, 1.165) is 20.6 Å². The molecule has 0 saturated carbocycles. The predicted molar refractivity (Wildman–Crippen MR) is 98.9 cm³/mol. The van der Waals surface area contributed by atoms with Crippen molar-refractivity contribution in [2.24, 2.45) is 5.73 Å². The van der Waals surface area contributed by atoms with Crippen LogP contribution in [0.4, 0.5) is 5.69 Å². The highest BCUT2D eigenvalue weighted by Gasteiger charge is 2.26. The standard InChI is InChI=1S/C19H18N2O3S/c1-14-6-10-18(11-7-14)25(23,24)21(13-19(20)22)17-9-8-15-4-2-3-5-16(15)12-17/h2-12H,13H2,1H3,(H2,20,22). The number of nitrogens with two attached hydrogens (primary N) is 1. The van der Waals surface area contributed by atoms with E-state index >= 15 is 0 Å². The summed E-state index contributed by atoms with van der Waals surface area (Å²) in [4.78, 5) is 11.6. The Balaban J connectivity index is 2.12. The molecule has 0 unspecified atom stereocenters. The SMILES string of the molecule is Cc1ccc(S(=O)(=O)N(CC(N)=O)c2ccc3ccccc3c2)cc1. The van der Waals surface area contributed by atoms with Gasteiger partial charge in [-0.3, -0.25) is 9.10 Å². The summed E-state index contributed by atoms with van der Waals surface area (Å²) in [6, 6.07) is 19.3. The normalized spacial score (nSPS) is 11.4. The van der Waals surface area contributed by atoms with Crippen LogP contribution >= 0.6 is 0 Å². The van der Waals surface area contributed by atoms with E-state index in [1.807, 2.05) is 37.3 Å². The highest BCUT2D eigenvalue weighted by Crippen LogP contribution is 2.27. The summed E-state index contributed by atoms with van der Waals surface area (Å²) in [5.41, 5.74) is 6.65. The molecule has 0 aliphatic rings. The van der Waals surface area contributed by atoms with Crippen molar-refractivity contribution in [3.8, 4) is 0 Å². The predicted octanol–water partition coefficient (Wildman–Crippen LogP) is 2.83. The summed E-state index contributed by atoms with van der Waals surface area (Å²) >= 11 is 0. The second-order valence-corrected chi connectivity index (χ2v) is 7.68. The molecule has 5 nitrogen and oxygen atoms in total. The zero-order valence-corrected chi connectivity index (χ0v) is 14.5. The Kier molecular flexibility index (Phi) is 4.46. The Bertz CT molecular complexity index is 1030. The zero-order chi connectivity index (χ0) is 18.0. The molecule has 0 radical (unpaired) electrons. The first-order valence-electron chi connectivity index (χ1n) is 7.74. The van der Waals surface area contributed by atoms with Crippen LogP contribution in [0.3, 0.4) is 0 Å². The number of amides is 1. The molecular weight excluding hydrogens is 336 g/mol. The van der Waals surface area contributed by atoms with Crippen molar-refractivity contribution in [1.82, 2.24) is 0 Å². The van der Waals surface area contributed by atoms with Gasteiger partial charge in [-0.1, -0.05) is 48.0 Å². The fraction of sp³-hybridized carbons (Fsp3) is 0.105. The van der Waals surface area contributed by atoms with E-state index in [1.165, 1.54) is 12.1 Å². The molecule has 0 spiro atoms. The number of nitrogens with zero attached hydrogens (tertiary/aromatic N) is 1. The molecule has 0 aliphatic carbocycles. The summed E-state index contributed by atoms with van der Waals surface area (Å²) in [6.45, 7) is 1.45. The van der Waals surface area contributed by atoms with Gasteiger partial charge in [0.1, 0.15) is 6.54 Å². The minimum Gasteiger partial charge on any atom is -0.368 e. The second-order valence-electron chi connectivity index (χ2n) is 5.82. The van der Waals surface area contributed by atoms with Gasteiger partial charge in [0.05, 0.1) is 10.6 Å². The molecule has 0 heterocycles. The maximum absolute atomic E-state index is 13.0. The Morgan fingerprint density at radius 1 is 0.960 bits per heavy atom. The summed E-state index contributed by atoms with van der Waals surface area (Å²) in [6.07, 6.45) is 0. The number of benzene rings is 3. The molecule has 6 heteroatoms. The van der Waals surface area contributed by atoms with Crippen LogP contribution in [0.15, 0.2) is 71.6 Å². The molecule has 1 amide bonds. The van der Waals surface area contributed by atoms with Crippen molar-refractivity contribution in [2.75, 3.05) is 10.8 Å². The van der Waals surface area contributed by atoms with E-state index in [2.05, 4.69) is 0 Å². The van der Waals surface area contributed by atoms with E-state index in [9.17, 15) is 13.2 Å². The van der Waals surface area contributed by atoms with Crippen molar-refractivity contribution in [1.29, 1.82) is 0 Å². The summed E-state index contributed by atoms with van der Waals surface area (Å²) in [7, 11) is -3.90. The van der Waals surface area contributed by atoms with Crippen LogP contribution in [-0.4, -0.2) is 20.9 Å². The molecule has 0 bridgehead atoms. The molecule has 0 aromatic heterocycles. The quantitative estimate of drug-likeness (QED) is 0.765. The molecule has 3 rings (SSSR count). The Labute approximate surface area is 146 Å². The first-order chi connectivity index (χ1) is 11.9. The number of aryl methyl sites for hydroxylation is 1. The van der Waals surface area contributed by atoms with Crippen LogP contribution in [0.2, 0.25) is 0 Å². The number of hydrogen-bond acceptors (Lipinski definition) is 3. The first kappa shape index (κ1) is 17.0. The molecule has 3 aromatic carbocycles. The highest BCUT2D eigenvalue weighted by molar-refractivity contribution is 7.92. The van der Waals surface area contributed by atoms with E-state index in [0.29, 0.717) is 5.69 Å². The maximum Gasteiger partial charge on any atom is 0.264 e. The number of anilines is 1. The minimum absolute atomic E-state index is 0.118. The molecule has 0 fully saturated rings. The lowest BCUT2D eigenvalue weighted by Crippen LogP contribution is -2.38. The van der Waals surface area contributed by atoms with Crippen molar-refractivity contribution in [3.05, 3.63) is 72.3 Å². The maximum atomic E-state index is 13.0.